The van der Waals surface area contributed by atoms with E-state index in [4.69, 9.17) is 15.2 Å². The fraction of sp³-hybridized carbons (Fsp3) is 0.500. The van der Waals surface area contributed by atoms with Crippen molar-refractivity contribution in [3.05, 3.63) is 15.8 Å². The van der Waals surface area contributed by atoms with Crippen molar-refractivity contribution >= 4 is 28.9 Å². The van der Waals surface area contributed by atoms with Gasteiger partial charge in [0.2, 0.25) is 0 Å². The Bertz CT molecular complexity index is 480. The lowest BCUT2D eigenvalue weighted by Crippen LogP contribution is -2.52. The number of aryl methyl sites for hydroxylation is 1. The maximum atomic E-state index is 12.4. The number of ether oxygens (including phenoxy) is 2. The first-order valence-electron chi connectivity index (χ1n) is 5.87. The lowest BCUT2D eigenvalue weighted by Gasteiger charge is -2.33. The molecular formula is C12H16N2O4S. The molecule has 1 fully saturated rings. The summed E-state index contributed by atoms with van der Waals surface area (Å²) in [6.45, 7) is 2.81. The average Bonchev–Trinajstić information content (AvgIpc) is 2.77. The summed E-state index contributed by atoms with van der Waals surface area (Å²) in [5.41, 5.74) is 6.35. The van der Waals surface area contributed by atoms with Crippen molar-refractivity contribution in [1.82, 2.24) is 4.90 Å². The molecule has 1 saturated heterocycles. The van der Waals surface area contributed by atoms with Crippen molar-refractivity contribution in [2.24, 2.45) is 0 Å². The molecular weight excluding hydrogens is 268 g/mol. The minimum Gasteiger partial charge on any atom is -0.467 e. The van der Waals surface area contributed by atoms with Crippen molar-refractivity contribution in [2.45, 2.75) is 13.0 Å². The number of nitrogens with zero attached hydrogens (tertiary/aromatic N) is 1. The Balaban J connectivity index is 2.22. The van der Waals surface area contributed by atoms with E-state index in [1.165, 1.54) is 23.3 Å². The number of amides is 1. The first-order valence-corrected chi connectivity index (χ1v) is 6.68. The van der Waals surface area contributed by atoms with E-state index >= 15 is 0 Å². The number of nitrogen functional groups attached to an aromatic ring is 1. The Hall–Kier alpha value is -1.60. The SMILES string of the molecule is COC(=O)C1COCCN1C(=O)c1cc(N)c(C)s1. The van der Waals surface area contributed by atoms with Crippen molar-refractivity contribution < 1.29 is 19.1 Å². The first-order chi connectivity index (χ1) is 9.04. The number of methoxy groups -OCH3 is 1. The molecule has 0 bridgehead atoms. The van der Waals surface area contributed by atoms with Crippen LogP contribution < -0.4 is 5.73 Å². The maximum absolute atomic E-state index is 12.4. The van der Waals surface area contributed by atoms with Crippen molar-refractivity contribution in [1.29, 1.82) is 0 Å². The average molecular weight is 284 g/mol. The number of hydrogen-bond donors (Lipinski definition) is 1. The Labute approximate surface area is 115 Å². The fourth-order valence-corrected chi connectivity index (χ4v) is 2.82. The van der Waals surface area contributed by atoms with Crippen molar-refractivity contribution in [2.75, 3.05) is 32.6 Å². The van der Waals surface area contributed by atoms with Crippen LogP contribution in [0.4, 0.5) is 5.69 Å². The van der Waals surface area contributed by atoms with Gasteiger partial charge in [0.05, 0.1) is 25.2 Å². The Morgan fingerprint density at radius 1 is 1.58 bits per heavy atom. The zero-order valence-corrected chi connectivity index (χ0v) is 11.7. The molecule has 1 atom stereocenters. The van der Waals surface area contributed by atoms with E-state index in [0.29, 0.717) is 23.7 Å². The van der Waals surface area contributed by atoms with Gasteiger partial charge in [-0.05, 0) is 13.0 Å². The summed E-state index contributed by atoms with van der Waals surface area (Å²) < 4.78 is 9.94. The molecule has 0 saturated carbocycles. The van der Waals surface area contributed by atoms with E-state index in [9.17, 15) is 9.59 Å². The summed E-state index contributed by atoms with van der Waals surface area (Å²) in [7, 11) is 1.30. The summed E-state index contributed by atoms with van der Waals surface area (Å²) in [4.78, 5) is 27.0. The van der Waals surface area contributed by atoms with Gasteiger partial charge < -0.3 is 20.1 Å². The highest BCUT2D eigenvalue weighted by molar-refractivity contribution is 7.14. The van der Waals surface area contributed by atoms with Crippen LogP contribution in [0.2, 0.25) is 0 Å². The summed E-state index contributed by atoms with van der Waals surface area (Å²) >= 11 is 1.33. The van der Waals surface area contributed by atoms with Crippen molar-refractivity contribution in [3.63, 3.8) is 0 Å². The molecule has 1 aliphatic heterocycles. The second-order valence-corrected chi connectivity index (χ2v) is 5.49. The number of thiophene rings is 1. The highest BCUT2D eigenvalue weighted by Crippen LogP contribution is 2.26. The van der Waals surface area contributed by atoms with Gasteiger partial charge in [-0.15, -0.1) is 11.3 Å². The molecule has 1 unspecified atom stereocenters. The molecule has 6 nitrogen and oxygen atoms in total. The summed E-state index contributed by atoms with van der Waals surface area (Å²) in [6.07, 6.45) is 0. The van der Waals surface area contributed by atoms with Gasteiger partial charge in [-0.2, -0.15) is 0 Å². The molecule has 2 rings (SSSR count). The minimum absolute atomic E-state index is 0.165. The molecule has 1 aromatic rings. The zero-order valence-electron chi connectivity index (χ0n) is 10.8. The third-order valence-corrected chi connectivity index (χ3v) is 4.08. The normalized spacial score (nSPS) is 19.3. The Morgan fingerprint density at radius 3 is 2.89 bits per heavy atom. The molecule has 104 valence electrons. The van der Waals surface area contributed by atoms with Gasteiger partial charge in [-0.25, -0.2) is 4.79 Å². The molecule has 0 radical (unpaired) electrons. The van der Waals surface area contributed by atoms with Crippen LogP contribution in [0.25, 0.3) is 0 Å². The predicted molar refractivity (Wildman–Crippen MR) is 71.1 cm³/mol. The molecule has 7 heteroatoms. The number of rotatable bonds is 2. The highest BCUT2D eigenvalue weighted by atomic mass is 32.1. The smallest absolute Gasteiger partial charge is 0.331 e. The van der Waals surface area contributed by atoms with E-state index < -0.39 is 12.0 Å². The predicted octanol–water partition coefficient (Wildman–Crippen LogP) is 0.653. The largest absolute Gasteiger partial charge is 0.467 e. The standard InChI is InChI=1S/C12H16N2O4S/c1-7-8(13)5-10(19-7)11(15)14-3-4-18-6-9(14)12(16)17-2/h5,9H,3-4,6,13H2,1-2H3. The quantitative estimate of drug-likeness (QED) is 0.806. The third-order valence-electron chi connectivity index (χ3n) is 3.03. The first kappa shape index (κ1) is 13.8. The van der Waals surface area contributed by atoms with E-state index in [-0.39, 0.29) is 12.5 Å². The van der Waals surface area contributed by atoms with Crippen LogP contribution in [0.3, 0.4) is 0 Å². The summed E-state index contributed by atoms with van der Waals surface area (Å²) in [5, 5.41) is 0. The van der Waals surface area contributed by atoms with Crippen LogP contribution in [0.15, 0.2) is 6.07 Å². The second-order valence-electron chi connectivity index (χ2n) is 4.23. The van der Waals surface area contributed by atoms with Gasteiger partial charge in [-0.1, -0.05) is 0 Å². The van der Waals surface area contributed by atoms with E-state index in [0.717, 1.165) is 4.88 Å². The minimum atomic E-state index is -0.685. The molecule has 1 aliphatic rings. The van der Waals surface area contributed by atoms with Crippen LogP contribution in [0, 0.1) is 6.92 Å². The van der Waals surface area contributed by atoms with E-state index in [1.54, 1.807) is 6.07 Å². The van der Waals surface area contributed by atoms with Gasteiger partial charge in [0.15, 0.2) is 6.04 Å². The van der Waals surface area contributed by atoms with Crippen LogP contribution in [-0.2, 0) is 14.3 Å². The number of carbonyl (C=O) groups excluding carboxylic acids is 2. The molecule has 19 heavy (non-hydrogen) atoms. The second kappa shape index (κ2) is 5.58. The van der Waals surface area contributed by atoms with Crippen LogP contribution in [0.5, 0.6) is 0 Å². The Morgan fingerprint density at radius 2 is 2.32 bits per heavy atom. The van der Waals surface area contributed by atoms with Gasteiger partial charge in [0.1, 0.15) is 0 Å². The number of morpholine rings is 1. The fourth-order valence-electron chi connectivity index (χ4n) is 1.92. The summed E-state index contributed by atoms with van der Waals surface area (Å²) in [6, 6.07) is 0.960. The molecule has 0 spiro atoms. The highest BCUT2D eigenvalue weighted by Gasteiger charge is 2.34. The van der Waals surface area contributed by atoms with E-state index in [2.05, 4.69) is 0 Å². The van der Waals surface area contributed by atoms with Gasteiger partial charge in [0, 0.05) is 17.1 Å². The molecule has 0 aliphatic carbocycles. The van der Waals surface area contributed by atoms with Crippen LogP contribution in [-0.4, -0.2) is 49.7 Å². The van der Waals surface area contributed by atoms with Crippen LogP contribution in [0.1, 0.15) is 14.5 Å². The molecule has 1 aromatic heterocycles. The lowest BCUT2D eigenvalue weighted by atomic mass is 10.2. The maximum Gasteiger partial charge on any atom is 0.331 e. The molecule has 2 heterocycles. The van der Waals surface area contributed by atoms with Gasteiger partial charge >= 0.3 is 5.97 Å². The van der Waals surface area contributed by atoms with E-state index in [1.807, 2.05) is 6.92 Å². The topological polar surface area (TPSA) is 81.9 Å². The molecule has 2 N–H and O–H groups in total. The monoisotopic (exact) mass is 284 g/mol. The number of anilines is 1. The number of esters is 1. The third kappa shape index (κ3) is 2.71. The van der Waals surface area contributed by atoms with Crippen molar-refractivity contribution in [3.8, 4) is 0 Å². The number of hydrogen-bond acceptors (Lipinski definition) is 6. The van der Waals surface area contributed by atoms with Crippen LogP contribution >= 0.6 is 11.3 Å². The molecule has 1 amide bonds. The molecule has 0 aromatic carbocycles. The van der Waals surface area contributed by atoms with Gasteiger partial charge in [-0.3, -0.25) is 4.79 Å². The number of nitrogens with two attached hydrogens (primary N) is 1. The summed E-state index contributed by atoms with van der Waals surface area (Å²) in [5.74, 6) is -0.669. The lowest BCUT2D eigenvalue weighted by molar-refractivity contribution is -0.151. The Kier molecular flexibility index (Phi) is 4.06. The number of carbonyl (C=O) groups is 2. The van der Waals surface area contributed by atoms with Gasteiger partial charge in [0.25, 0.3) is 5.91 Å². The zero-order chi connectivity index (χ0) is 14.0.